The molecule has 147 heavy (non-hydrogen) atoms. The molecule has 3 saturated heterocycles. The minimum absolute atomic E-state index is 0.0153. The van der Waals surface area contributed by atoms with Gasteiger partial charge in [0.2, 0.25) is 51.5 Å². The lowest BCUT2D eigenvalue weighted by molar-refractivity contribution is -0.275. The molecule has 9 aromatic rings. The lowest BCUT2D eigenvalue weighted by atomic mass is 9.87. The highest BCUT2D eigenvalue weighted by Crippen LogP contribution is 2.54. The summed E-state index contributed by atoms with van der Waals surface area (Å²) in [7, 11) is 0. The molecule has 0 saturated carbocycles. The summed E-state index contributed by atoms with van der Waals surface area (Å²) in [5.41, 5.74) is 6.69. The Labute approximate surface area is 834 Å². The molecular formula is C103H100O44. The predicted molar refractivity (Wildman–Crippen MR) is 499 cm³/mol. The molecule has 0 radical (unpaired) electrons. The highest BCUT2D eigenvalue weighted by molar-refractivity contribution is 6.16. The van der Waals surface area contributed by atoms with E-state index in [2.05, 4.69) is 26.3 Å². The van der Waals surface area contributed by atoms with Crippen molar-refractivity contribution in [3.8, 4) is 85.1 Å². The first kappa shape index (κ1) is 104. The van der Waals surface area contributed by atoms with Crippen molar-refractivity contribution in [1.29, 1.82) is 0 Å². The normalized spacial score (nSPS) is 22.2. The number of ether oxygens (including phenoxy) is 26. The van der Waals surface area contributed by atoms with Gasteiger partial charge in [-0.2, -0.15) is 0 Å². The summed E-state index contributed by atoms with van der Waals surface area (Å²) in [4.78, 5) is 127. The molecule has 8 N–H and O–H groups in total. The van der Waals surface area contributed by atoms with Gasteiger partial charge in [0.1, 0.15) is 75.7 Å². The van der Waals surface area contributed by atoms with Crippen molar-refractivity contribution in [1.82, 2.24) is 0 Å². The molecule has 9 aliphatic heterocycles. The molecule has 0 aromatic heterocycles. The summed E-state index contributed by atoms with van der Waals surface area (Å²) in [6.07, 6.45) is -20.4. The highest BCUT2D eigenvalue weighted by Gasteiger charge is 2.56. The van der Waals surface area contributed by atoms with Crippen LogP contribution < -0.4 is 42.6 Å². The van der Waals surface area contributed by atoms with Gasteiger partial charge in [0, 0.05) is 70.3 Å². The Kier molecular flexibility index (Phi) is 32.2. The van der Waals surface area contributed by atoms with Crippen molar-refractivity contribution < 1.29 is 212 Å². The van der Waals surface area contributed by atoms with E-state index in [9.17, 15) is 88.8 Å². The van der Waals surface area contributed by atoms with Crippen LogP contribution in [0.3, 0.4) is 0 Å². The van der Waals surface area contributed by atoms with Crippen molar-refractivity contribution in [2.45, 2.75) is 193 Å². The van der Waals surface area contributed by atoms with Gasteiger partial charge in [0.15, 0.2) is 71.1 Å². The molecule has 9 aromatic carbocycles. The van der Waals surface area contributed by atoms with E-state index in [1.807, 2.05) is 0 Å². The molecule has 18 rings (SSSR count). The predicted octanol–water partition coefficient (Wildman–Crippen LogP) is 10.4. The molecule has 3 unspecified atom stereocenters. The fraction of sp³-hybridized carbons (Fsp3) is 0.359. The maximum atomic E-state index is 13.5. The van der Waals surface area contributed by atoms with Crippen LogP contribution in [-0.2, 0) is 154 Å². The van der Waals surface area contributed by atoms with E-state index in [0.29, 0.717) is 145 Å². The van der Waals surface area contributed by atoms with Crippen molar-refractivity contribution >= 4 is 92.8 Å². The number of carbonyl (C=O) groups excluding carboxylic acids is 10. The van der Waals surface area contributed by atoms with Gasteiger partial charge < -0.3 is 164 Å². The molecule has 0 bridgehead atoms. The fourth-order valence-corrected chi connectivity index (χ4v) is 18.2. The number of hydrogen-bond donors (Lipinski definition) is 8. The zero-order chi connectivity index (χ0) is 105. The maximum absolute atomic E-state index is 13.5. The van der Waals surface area contributed by atoms with Crippen LogP contribution in [0.25, 0.3) is 65.7 Å². The summed E-state index contributed by atoms with van der Waals surface area (Å²) in [6, 6.07) is 25.2. The Morgan fingerprint density at radius 3 is 0.891 bits per heavy atom. The first-order valence-electron chi connectivity index (χ1n) is 45.8. The quantitative estimate of drug-likeness (QED) is 0.0118. The number of aliphatic hydroxyl groups excluding tert-OH is 8. The van der Waals surface area contributed by atoms with E-state index in [1.165, 1.54) is 45.1 Å². The zero-order valence-electron chi connectivity index (χ0n) is 79.5. The first-order chi connectivity index (χ1) is 70.9. The third-order valence-corrected chi connectivity index (χ3v) is 24.7. The third-order valence-electron chi connectivity index (χ3n) is 24.7. The number of hydrogen-bond acceptors (Lipinski definition) is 44. The van der Waals surface area contributed by atoms with Gasteiger partial charge in [-0.15, -0.1) is 0 Å². The lowest BCUT2D eigenvalue weighted by Gasteiger charge is -2.43. The second-order valence-electron chi connectivity index (χ2n) is 34.0. The molecule has 0 spiro atoms. The Balaban J connectivity index is 0.000000158. The van der Waals surface area contributed by atoms with E-state index in [4.69, 9.17) is 123 Å². The summed E-state index contributed by atoms with van der Waals surface area (Å²) in [5, 5.41) is 86.0. The lowest BCUT2D eigenvalue weighted by Crippen LogP contribution is -2.62. The smallest absolute Gasteiger partial charge is 0.461 e. The SMILES string of the molecule is C=CCOC(=O)O[C@H]1C(Oc2c3c(c(-c4ccc5c(c4)OCO5)c4cc(CO)c(CO)cc24)C(=O)OC3)O[C@H](C)[C@@H](O)[C@@H]1OC(C)=O.C=CCOC(=O)O[C@H]1[C@H](OC(C)=O)[C@@H](O)C(Oc2c3c(c(-c4ccc5c(c4)OCO5)c4cc(CO)c(CO)cc24)C(=O)OC3)O[C@@H]1C.C=CCOC(=O)O[C@H]1[C@H](OC(C)=O)[C@@H](OC(=O)OCC=C)C(Oc2c3c(c(-c4ccc5c(c4)OCO5)c4cc(CO)c(CO)cc24)C(=O)OC3)O[C@@H]1C. The van der Waals surface area contributed by atoms with Crippen molar-refractivity contribution in [3.05, 3.63) is 208 Å². The molecule has 9 aliphatic rings. The number of rotatable bonds is 30. The van der Waals surface area contributed by atoms with Crippen LogP contribution in [0.2, 0.25) is 0 Å². The van der Waals surface area contributed by atoms with Gasteiger partial charge >= 0.3 is 60.4 Å². The van der Waals surface area contributed by atoms with E-state index in [1.54, 1.807) is 91.0 Å². The average molecular weight is 2040 g/mol. The molecule has 3 fully saturated rings. The summed E-state index contributed by atoms with van der Waals surface area (Å²) in [6.45, 7) is 17.9. The van der Waals surface area contributed by atoms with Crippen LogP contribution in [-0.4, -0.2) is 240 Å². The second kappa shape index (κ2) is 45.3. The van der Waals surface area contributed by atoms with E-state index in [-0.39, 0.29) is 106 Å². The molecule has 15 atom stereocenters. The molecular weight excluding hydrogens is 1940 g/mol. The molecule has 44 nitrogen and oxygen atoms in total. The second-order valence-corrected chi connectivity index (χ2v) is 34.0. The Hall–Kier alpha value is -15.6. The number of aliphatic hydroxyl groups is 8. The van der Waals surface area contributed by atoms with Gasteiger partial charge in [-0.05, 0) is 160 Å². The topological polar surface area (TPSA) is 573 Å². The number of fused-ring (bicyclic) bond motifs is 9. The van der Waals surface area contributed by atoms with Crippen LogP contribution in [0.5, 0.6) is 51.7 Å². The Morgan fingerprint density at radius 2 is 0.578 bits per heavy atom. The largest absolute Gasteiger partial charge is 0.509 e. The van der Waals surface area contributed by atoms with Crippen LogP contribution in [0.4, 0.5) is 19.2 Å². The minimum atomic E-state index is -1.70. The zero-order valence-corrected chi connectivity index (χ0v) is 79.5. The molecule has 44 heteroatoms. The number of carbonyl (C=O) groups is 10. The van der Waals surface area contributed by atoms with Crippen LogP contribution >= 0.6 is 0 Å². The summed E-state index contributed by atoms with van der Waals surface area (Å²) >= 11 is 0. The van der Waals surface area contributed by atoms with E-state index < -0.39 is 192 Å². The highest BCUT2D eigenvalue weighted by atomic mass is 16.8. The fourth-order valence-electron chi connectivity index (χ4n) is 18.2. The van der Waals surface area contributed by atoms with Crippen molar-refractivity contribution in [2.24, 2.45) is 0 Å². The van der Waals surface area contributed by atoms with Crippen LogP contribution in [0, 0.1) is 0 Å². The monoisotopic (exact) mass is 2040 g/mol. The third kappa shape index (κ3) is 21.5. The Bertz CT molecular complexity index is 6690. The molecule has 9 heterocycles. The number of cyclic esters (lactones) is 3. The van der Waals surface area contributed by atoms with E-state index >= 15 is 0 Å². The Morgan fingerprint density at radius 1 is 0.313 bits per heavy atom. The van der Waals surface area contributed by atoms with Crippen LogP contribution in [0.1, 0.15) is 123 Å². The average Bonchev–Trinajstić information content (AvgIpc) is 1.65. The summed E-state index contributed by atoms with van der Waals surface area (Å²) < 4.78 is 145. The molecule has 0 aliphatic carbocycles. The van der Waals surface area contributed by atoms with E-state index in [0.717, 1.165) is 20.8 Å². The van der Waals surface area contributed by atoms with Crippen LogP contribution in [0.15, 0.2) is 142 Å². The van der Waals surface area contributed by atoms with Crippen molar-refractivity contribution in [3.63, 3.8) is 0 Å². The number of benzene rings is 9. The van der Waals surface area contributed by atoms with Crippen molar-refractivity contribution in [2.75, 3.05) is 46.8 Å². The summed E-state index contributed by atoms with van der Waals surface area (Å²) in [5.74, 6) is -1.18. The van der Waals surface area contributed by atoms with Gasteiger partial charge in [-0.1, -0.05) is 68.8 Å². The minimum Gasteiger partial charge on any atom is -0.461 e. The standard InChI is InChI=1S/C37H36O16.2C33H32O14/c1-5-9-44-36(42)52-30-18(3)49-35(33(32(30)50-19(4)40)53-37(43)45-10-6-2)51-31-24-12-22(15-39)21(14-38)11-23(24)28(29-25(31)16-46-34(29)41)20-7-8-26-27(13-20)48-17-47-26;1-4-7-40-33(39)47-28-15(2)44-32(27(37)30(28)45-16(3)36)46-29-21-9-19(12-35)18(11-34)8-20(21)25(26-22(29)13-41-31(26)38)17-5-6-23-24(10-17)43-14-42-23;1-4-7-40-33(39)47-30-29(45-16(3)36)27(37)15(2)44-32(30)46-28-21-9-19(12-35)18(11-34)8-20(21)25(26-22(28)13-41-31(26)38)17-5-6-23-24(10-17)43-14-42-23/h5-8,11-13,18,30,32-33,35,38-39H,1-2,9-10,14-17H2,3-4H3;4-6,8-10,15,27-28,30,32,34-35,37H,1,7,11-14H2,2-3H3;4-6,8-10,15,27,29-30,32,34-35,37H,1,7,11-14H2,2-3H3/t18-,30-,32+,33-,35?;15-,27-,28-,30-,32?;15-,27-,29+,30-,32?/m111/s1. The molecule has 0 amide bonds. The maximum Gasteiger partial charge on any atom is 0.509 e. The number of esters is 6. The molecule has 776 valence electrons. The van der Waals surface area contributed by atoms with Gasteiger partial charge in [-0.25, -0.2) is 33.6 Å². The first-order valence-corrected chi connectivity index (χ1v) is 45.8. The van der Waals surface area contributed by atoms with Gasteiger partial charge in [-0.3, -0.25) is 14.4 Å². The van der Waals surface area contributed by atoms with Gasteiger partial charge in [0.05, 0.1) is 68.5 Å². The van der Waals surface area contributed by atoms with Gasteiger partial charge in [0.25, 0.3) is 0 Å².